The fourth-order valence-electron chi connectivity index (χ4n) is 2.41. The van der Waals surface area contributed by atoms with Gasteiger partial charge in [0.1, 0.15) is 12.4 Å². The van der Waals surface area contributed by atoms with Crippen molar-refractivity contribution in [2.24, 2.45) is 0 Å². The van der Waals surface area contributed by atoms with Crippen molar-refractivity contribution in [2.75, 3.05) is 26.7 Å². The van der Waals surface area contributed by atoms with Crippen LogP contribution in [0.1, 0.15) is 18.4 Å². The molecule has 0 amide bonds. The Bertz CT molecular complexity index is 476. The Balaban J connectivity index is 1.94. The summed E-state index contributed by atoms with van der Waals surface area (Å²) in [5.74, 6) is 3.38. The number of halogens is 1. The van der Waals surface area contributed by atoms with E-state index >= 15 is 0 Å². The molecule has 0 bridgehead atoms. The van der Waals surface area contributed by atoms with Gasteiger partial charge in [-0.05, 0) is 51.2 Å². The standard InChI is InChI=1S/C16H21BrN2O/c1-3-10-20-16-5-4-14(17)11-13(16)12-18-15-6-8-19(2)9-7-15/h1,4-5,11,15,18H,6-10,12H2,2H3. The zero-order valence-electron chi connectivity index (χ0n) is 11.9. The van der Waals surface area contributed by atoms with Gasteiger partial charge in [-0.25, -0.2) is 0 Å². The first kappa shape index (κ1) is 15.4. The summed E-state index contributed by atoms with van der Waals surface area (Å²) >= 11 is 3.51. The summed E-state index contributed by atoms with van der Waals surface area (Å²) in [6.45, 7) is 3.45. The lowest BCUT2D eigenvalue weighted by atomic mass is 10.1. The smallest absolute Gasteiger partial charge is 0.148 e. The van der Waals surface area contributed by atoms with E-state index in [4.69, 9.17) is 11.2 Å². The molecule has 1 N–H and O–H groups in total. The first-order chi connectivity index (χ1) is 9.69. The zero-order valence-corrected chi connectivity index (χ0v) is 13.4. The Morgan fingerprint density at radius 2 is 2.20 bits per heavy atom. The normalized spacial score (nSPS) is 16.9. The van der Waals surface area contributed by atoms with Gasteiger partial charge in [0.15, 0.2) is 0 Å². The molecule has 1 aromatic carbocycles. The van der Waals surface area contributed by atoms with Crippen molar-refractivity contribution in [3.63, 3.8) is 0 Å². The fourth-order valence-corrected chi connectivity index (χ4v) is 2.82. The summed E-state index contributed by atoms with van der Waals surface area (Å²) in [5, 5.41) is 3.62. The Kier molecular flexibility index (Phi) is 5.90. The van der Waals surface area contributed by atoms with Crippen molar-refractivity contribution in [3.05, 3.63) is 28.2 Å². The van der Waals surface area contributed by atoms with Crippen LogP contribution in [-0.2, 0) is 6.54 Å². The molecule has 1 heterocycles. The highest BCUT2D eigenvalue weighted by Crippen LogP contribution is 2.23. The van der Waals surface area contributed by atoms with E-state index in [0.29, 0.717) is 12.6 Å². The van der Waals surface area contributed by atoms with Crippen LogP contribution in [0.2, 0.25) is 0 Å². The lowest BCUT2D eigenvalue weighted by Crippen LogP contribution is -2.40. The van der Waals surface area contributed by atoms with Crippen LogP contribution in [0, 0.1) is 12.3 Å². The topological polar surface area (TPSA) is 24.5 Å². The molecule has 1 aromatic rings. The van der Waals surface area contributed by atoms with Gasteiger partial charge in [-0.15, -0.1) is 6.42 Å². The van der Waals surface area contributed by atoms with Crippen LogP contribution in [0.5, 0.6) is 5.75 Å². The molecule has 0 aliphatic carbocycles. The molecule has 4 heteroatoms. The van der Waals surface area contributed by atoms with Gasteiger partial charge in [0.2, 0.25) is 0 Å². The second-order valence-corrected chi connectivity index (χ2v) is 6.12. The summed E-state index contributed by atoms with van der Waals surface area (Å²) in [4.78, 5) is 2.37. The van der Waals surface area contributed by atoms with E-state index < -0.39 is 0 Å². The first-order valence-electron chi connectivity index (χ1n) is 6.95. The molecule has 1 fully saturated rings. The molecule has 1 aliphatic rings. The molecule has 0 saturated carbocycles. The molecule has 0 atom stereocenters. The SMILES string of the molecule is C#CCOc1ccc(Br)cc1CNC1CCN(C)CC1. The number of likely N-dealkylation sites (tertiary alicyclic amines) is 1. The third kappa shape index (κ3) is 4.52. The fraction of sp³-hybridized carbons (Fsp3) is 0.500. The van der Waals surface area contributed by atoms with E-state index in [1.165, 1.54) is 12.8 Å². The predicted octanol–water partition coefficient (Wildman–Crippen LogP) is 2.64. The summed E-state index contributed by atoms with van der Waals surface area (Å²) in [6, 6.07) is 6.62. The van der Waals surface area contributed by atoms with Crippen molar-refractivity contribution >= 4 is 15.9 Å². The van der Waals surface area contributed by atoms with Gasteiger partial charge in [0, 0.05) is 22.6 Å². The maximum absolute atomic E-state index is 5.59. The molecular weight excluding hydrogens is 316 g/mol. The van der Waals surface area contributed by atoms with Gasteiger partial charge in [0.25, 0.3) is 0 Å². The number of nitrogens with one attached hydrogen (secondary N) is 1. The van der Waals surface area contributed by atoms with E-state index in [0.717, 1.165) is 35.4 Å². The molecule has 20 heavy (non-hydrogen) atoms. The predicted molar refractivity (Wildman–Crippen MR) is 85.8 cm³/mol. The van der Waals surface area contributed by atoms with E-state index in [-0.39, 0.29) is 0 Å². The number of nitrogens with zero attached hydrogens (tertiary/aromatic N) is 1. The Labute approximate surface area is 129 Å². The minimum atomic E-state index is 0.308. The second kappa shape index (κ2) is 7.68. The molecule has 0 unspecified atom stereocenters. The van der Waals surface area contributed by atoms with E-state index in [1.54, 1.807) is 0 Å². The molecule has 1 saturated heterocycles. The number of terminal acetylenes is 1. The van der Waals surface area contributed by atoms with Crippen LogP contribution in [0.25, 0.3) is 0 Å². The van der Waals surface area contributed by atoms with E-state index in [1.807, 2.05) is 12.1 Å². The molecule has 0 spiro atoms. The lowest BCUT2D eigenvalue weighted by molar-refractivity contribution is 0.233. The summed E-state index contributed by atoms with van der Waals surface area (Å²) in [7, 11) is 2.18. The average molecular weight is 337 g/mol. The van der Waals surface area contributed by atoms with Crippen LogP contribution < -0.4 is 10.1 Å². The van der Waals surface area contributed by atoms with Crippen molar-refractivity contribution in [3.8, 4) is 18.1 Å². The molecule has 3 nitrogen and oxygen atoms in total. The van der Waals surface area contributed by atoms with Crippen molar-refractivity contribution in [1.29, 1.82) is 0 Å². The molecule has 0 aromatic heterocycles. The average Bonchev–Trinajstić information content (AvgIpc) is 2.46. The highest BCUT2D eigenvalue weighted by atomic mass is 79.9. The van der Waals surface area contributed by atoms with Crippen LogP contribution in [-0.4, -0.2) is 37.7 Å². The number of hydrogen-bond acceptors (Lipinski definition) is 3. The van der Waals surface area contributed by atoms with Crippen LogP contribution in [0.4, 0.5) is 0 Å². The summed E-state index contributed by atoms with van der Waals surface area (Å²) in [6.07, 6.45) is 7.65. The van der Waals surface area contributed by atoms with Crippen LogP contribution in [0.3, 0.4) is 0 Å². The van der Waals surface area contributed by atoms with Crippen molar-refractivity contribution < 1.29 is 4.74 Å². The molecule has 108 valence electrons. The third-order valence-electron chi connectivity index (χ3n) is 3.63. The molecule has 2 rings (SSSR count). The minimum absolute atomic E-state index is 0.308. The number of rotatable bonds is 5. The maximum Gasteiger partial charge on any atom is 0.148 e. The van der Waals surface area contributed by atoms with Crippen LogP contribution >= 0.6 is 15.9 Å². The molecule has 0 radical (unpaired) electrons. The van der Waals surface area contributed by atoms with E-state index in [9.17, 15) is 0 Å². The number of hydrogen-bond donors (Lipinski definition) is 1. The highest BCUT2D eigenvalue weighted by molar-refractivity contribution is 9.10. The Morgan fingerprint density at radius 1 is 1.45 bits per heavy atom. The lowest BCUT2D eigenvalue weighted by Gasteiger charge is -2.29. The Morgan fingerprint density at radius 3 is 2.90 bits per heavy atom. The van der Waals surface area contributed by atoms with Gasteiger partial charge >= 0.3 is 0 Å². The van der Waals surface area contributed by atoms with Gasteiger partial charge < -0.3 is 15.0 Å². The zero-order chi connectivity index (χ0) is 14.4. The van der Waals surface area contributed by atoms with Crippen molar-refractivity contribution in [2.45, 2.75) is 25.4 Å². The first-order valence-corrected chi connectivity index (χ1v) is 7.75. The highest BCUT2D eigenvalue weighted by Gasteiger charge is 2.16. The largest absolute Gasteiger partial charge is 0.481 e. The monoisotopic (exact) mass is 336 g/mol. The summed E-state index contributed by atoms with van der Waals surface area (Å²) < 4.78 is 6.65. The number of piperidine rings is 1. The molecule has 1 aliphatic heterocycles. The van der Waals surface area contributed by atoms with Gasteiger partial charge in [-0.2, -0.15) is 0 Å². The quantitative estimate of drug-likeness (QED) is 0.836. The number of ether oxygens (including phenoxy) is 1. The third-order valence-corrected chi connectivity index (χ3v) is 4.13. The minimum Gasteiger partial charge on any atom is -0.481 e. The summed E-state index contributed by atoms with van der Waals surface area (Å²) in [5.41, 5.74) is 1.15. The van der Waals surface area contributed by atoms with Crippen molar-refractivity contribution in [1.82, 2.24) is 10.2 Å². The Hall–Kier alpha value is -1.02. The van der Waals surface area contributed by atoms with Crippen LogP contribution in [0.15, 0.2) is 22.7 Å². The number of benzene rings is 1. The molecular formula is C16H21BrN2O. The van der Waals surface area contributed by atoms with Gasteiger partial charge in [-0.1, -0.05) is 21.9 Å². The van der Waals surface area contributed by atoms with Gasteiger partial charge in [-0.3, -0.25) is 0 Å². The van der Waals surface area contributed by atoms with E-state index in [2.05, 4.69) is 45.2 Å². The maximum atomic E-state index is 5.59. The second-order valence-electron chi connectivity index (χ2n) is 5.20. The van der Waals surface area contributed by atoms with Gasteiger partial charge in [0.05, 0.1) is 0 Å².